The molecular weight excluding hydrogens is 287 g/mol. The lowest BCUT2D eigenvalue weighted by atomic mass is 10.2. The summed E-state index contributed by atoms with van der Waals surface area (Å²) in [6, 6.07) is 8.78. The minimum Gasteiger partial charge on any atom is -0.321 e. The van der Waals surface area contributed by atoms with E-state index in [0.717, 1.165) is 5.69 Å². The highest BCUT2D eigenvalue weighted by Crippen LogP contribution is 2.15. The average Bonchev–Trinajstić information content (AvgIpc) is 3.19. The minimum absolute atomic E-state index is 0.0521. The van der Waals surface area contributed by atoms with Crippen molar-refractivity contribution in [2.45, 2.75) is 6.54 Å². The second-order valence-electron chi connectivity index (χ2n) is 4.50. The highest BCUT2D eigenvalue weighted by Gasteiger charge is 2.12. The van der Waals surface area contributed by atoms with Crippen molar-refractivity contribution in [3.05, 3.63) is 54.9 Å². The molecule has 112 valence electrons. The number of aryl methyl sites for hydroxylation is 1. The number of hydrogen-bond acceptors (Lipinski definition) is 4. The Bertz CT molecular complexity index is 767. The van der Waals surface area contributed by atoms with Gasteiger partial charge in [0.1, 0.15) is 25.0 Å². The number of benzene rings is 1. The minimum atomic E-state index is -0.578. The maximum Gasteiger partial charge on any atom is 0.273 e. The van der Waals surface area contributed by atoms with Crippen molar-refractivity contribution >= 4 is 11.6 Å². The third-order valence-corrected chi connectivity index (χ3v) is 3.07. The Hall–Kier alpha value is -3.03. The van der Waals surface area contributed by atoms with Gasteiger partial charge in [0, 0.05) is 11.9 Å². The van der Waals surface area contributed by atoms with Crippen LogP contribution in [0.15, 0.2) is 49.2 Å². The fourth-order valence-electron chi connectivity index (χ4n) is 2.06. The Morgan fingerprint density at radius 2 is 2.05 bits per heavy atom. The zero-order chi connectivity index (χ0) is 15.4. The smallest absolute Gasteiger partial charge is 0.273 e. The molecule has 0 aliphatic carbocycles. The Morgan fingerprint density at radius 1 is 1.23 bits per heavy atom. The van der Waals surface area contributed by atoms with Crippen LogP contribution in [0.25, 0.3) is 5.69 Å². The van der Waals surface area contributed by atoms with Crippen molar-refractivity contribution in [3.8, 4) is 5.69 Å². The molecule has 0 fully saturated rings. The molecule has 8 heteroatoms. The molecule has 3 aromatic rings. The first-order valence-electron chi connectivity index (χ1n) is 6.62. The van der Waals surface area contributed by atoms with Gasteiger partial charge in [-0.2, -0.15) is 5.10 Å². The van der Waals surface area contributed by atoms with Crippen LogP contribution in [0, 0.1) is 0 Å². The topological polar surface area (TPSA) is 77.6 Å². The molecule has 3 rings (SSSR count). The molecule has 0 atom stereocenters. The molecule has 0 aliphatic rings. The maximum absolute atomic E-state index is 12.4. The Balaban J connectivity index is 1.79. The third kappa shape index (κ3) is 2.85. The molecule has 2 aromatic heterocycles. The van der Waals surface area contributed by atoms with E-state index in [9.17, 15) is 9.18 Å². The number of carbonyl (C=O) groups is 1. The summed E-state index contributed by atoms with van der Waals surface area (Å²) in [7, 11) is 0. The van der Waals surface area contributed by atoms with Crippen molar-refractivity contribution < 1.29 is 9.18 Å². The summed E-state index contributed by atoms with van der Waals surface area (Å²) in [4.78, 5) is 12.2. The van der Waals surface area contributed by atoms with E-state index in [1.807, 2.05) is 12.1 Å². The van der Waals surface area contributed by atoms with Crippen LogP contribution < -0.4 is 5.32 Å². The molecular formula is C14H13FN6O. The molecule has 0 saturated carbocycles. The first kappa shape index (κ1) is 13.9. The van der Waals surface area contributed by atoms with Crippen molar-refractivity contribution in [1.29, 1.82) is 0 Å². The van der Waals surface area contributed by atoms with Crippen molar-refractivity contribution in [2.75, 3.05) is 12.0 Å². The van der Waals surface area contributed by atoms with Gasteiger partial charge in [0.15, 0.2) is 0 Å². The number of anilines is 1. The summed E-state index contributed by atoms with van der Waals surface area (Å²) in [5.74, 6) is -0.341. The largest absolute Gasteiger partial charge is 0.321 e. The van der Waals surface area contributed by atoms with Crippen LogP contribution in [-0.4, -0.2) is 37.1 Å². The number of amides is 1. The lowest BCUT2D eigenvalue weighted by molar-refractivity contribution is 0.101. The predicted molar refractivity (Wildman–Crippen MR) is 77.5 cm³/mol. The summed E-state index contributed by atoms with van der Waals surface area (Å²) in [6.07, 6.45) is 4.60. The zero-order valence-electron chi connectivity index (χ0n) is 11.6. The summed E-state index contributed by atoms with van der Waals surface area (Å²) >= 11 is 0. The van der Waals surface area contributed by atoms with Gasteiger partial charge in [0.25, 0.3) is 5.91 Å². The van der Waals surface area contributed by atoms with Gasteiger partial charge in [-0.1, -0.05) is 6.07 Å². The number of aromatic nitrogens is 5. The number of halogens is 1. The summed E-state index contributed by atoms with van der Waals surface area (Å²) in [5, 5.41) is 14.2. The molecule has 0 saturated heterocycles. The number of alkyl halides is 1. The average molecular weight is 300 g/mol. The number of nitrogens with one attached hydrogen (secondary N) is 1. The molecule has 2 heterocycles. The fourth-order valence-corrected chi connectivity index (χ4v) is 2.06. The van der Waals surface area contributed by atoms with Gasteiger partial charge in [0.05, 0.1) is 12.2 Å². The van der Waals surface area contributed by atoms with E-state index in [2.05, 4.69) is 20.6 Å². The van der Waals surface area contributed by atoms with Gasteiger partial charge in [-0.3, -0.25) is 14.0 Å². The van der Waals surface area contributed by atoms with Gasteiger partial charge in [-0.15, -0.1) is 10.2 Å². The van der Waals surface area contributed by atoms with Gasteiger partial charge in [-0.05, 0) is 24.3 Å². The standard InChI is InChI=1S/C14H13FN6O/c15-5-7-21-13(4-6-18-21)14(22)19-11-2-1-3-12(8-11)20-9-16-17-10-20/h1-4,6,8-10H,5,7H2,(H,19,22). The van der Waals surface area contributed by atoms with Crippen LogP contribution in [-0.2, 0) is 6.54 Å². The van der Waals surface area contributed by atoms with E-state index in [1.54, 1.807) is 35.4 Å². The SMILES string of the molecule is O=C(Nc1cccc(-n2cnnc2)c1)c1ccnn1CCF. The Kier molecular flexibility index (Phi) is 3.90. The first-order valence-corrected chi connectivity index (χ1v) is 6.62. The summed E-state index contributed by atoms with van der Waals surface area (Å²) < 4.78 is 15.5. The first-order chi connectivity index (χ1) is 10.8. The van der Waals surface area contributed by atoms with E-state index in [0.29, 0.717) is 11.4 Å². The van der Waals surface area contributed by atoms with Crippen LogP contribution in [0.1, 0.15) is 10.5 Å². The Labute approximate surface area is 125 Å². The normalized spacial score (nSPS) is 10.6. The van der Waals surface area contributed by atoms with Gasteiger partial charge in [0.2, 0.25) is 0 Å². The van der Waals surface area contributed by atoms with Gasteiger partial charge < -0.3 is 5.32 Å². The summed E-state index contributed by atoms with van der Waals surface area (Å²) in [5.41, 5.74) is 1.75. The third-order valence-electron chi connectivity index (χ3n) is 3.07. The second kappa shape index (κ2) is 6.17. The number of hydrogen-bond donors (Lipinski definition) is 1. The predicted octanol–water partition coefficient (Wildman–Crippen LogP) is 1.69. The molecule has 0 aliphatic heterocycles. The van der Waals surface area contributed by atoms with E-state index < -0.39 is 6.67 Å². The van der Waals surface area contributed by atoms with Crippen molar-refractivity contribution in [2.24, 2.45) is 0 Å². The van der Waals surface area contributed by atoms with E-state index >= 15 is 0 Å². The molecule has 0 spiro atoms. The van der Waals surface area contributed by atoms with Crippen LogP contribution in [0.2, 0.25) is 0 Å². The lowest BCUT2D eigenvalue weighted by Gasteiger charge is -2.08. The highest BCUT2D eigenvalue weighted by molar-refractivity contribution is 6.03. The zero-order valence-corrected chi connectivity index (χ0v) is 11.6. The maximum atomic E-state index is 12.4. The molecule has 0 bridgehead atoms. The molecule has 1 amide bonds. The lowest BCUT2D eigenvalue weighted by Crippen LogP contribution is -2.18. The number of rotatable bonds is 5. The van der Waals surface area contributed by atoms with Gasteiger partial charge in [-0.25, -0.2) is 4.39 Å². The second-order valence-corrected chi connectivity index (χ2v) is 4.50. The quantitative estimate of drug-likeness (QED) is 0.777. The molecule has 22 heavy (non-hydrogen) atoms. The van der Waals surface area contributed by atoms with Crippen molar-refractivity contribution in [1.82, 2.24) is 24.5 Å². The van der Waals surface area contributed by atoms with E-state index in [4.69, 9.17) is 0 Å². The molecule has 0 radical (unpaired) electrons. The fraction of sp³-hybridized carbons (Fsp3) is 0.143. The molecule has 0 unspecified atom stereocenters. The van der Waals surface area contributed by atoms with E-state index in [1.165, 1.54) is 10.9 Å². The van der Waals surface area contributed by atoms with Crippen molar-refractivity contribution in [3.63, 3.8) is 0 Å². The van der Waals surface area contributed by atoms with Crippen LogP contribution >= 0.6 is 0 Å². The summed E-state index contributed by atoms with van der Waals surface area (Å²) in [6.45, 7) is -0.526. The molecule has 1 aromatic carbocycles. The van der Waals surface area contributed by atoms with Crippen LogP contribution in [0.5, 0.6) is 0 Å². The number of carbonyl (C=O) groups excluding carboxylic acids is 1. The van der Waals surface area contributed by atoms with Gasteiger partial charge >= 0.3 is 0 Å². The van der Waals surface area contributed by atoms with E-state index in [-0.39, 0.29) is 12.5 Å². The molecule has 1 N–H and O–H groups in total. The number of nitrogens with zero attached hydrogens (tertiary/aromatic N) is 5. The van der Waals surface area contributed by atoms with Crippen LogP contribution in [0.3, 0.4) is 0 Å². The van der Waals surface area contributed by atoms with Crippen LogP contribution in [0.4, 0.5) is 10.1 Å². The molecule has 7 nitrogen and oxygen atoms in total. The highest BCUT2D eigenvalue weighted by atomic mass is 19.1. The monoisotopic (exact) mass is 300 g/mol. The Morgan fingerprint density at radius 3 is 2.82 bits per heavy atom.